The van der Waals surface area contributed by atoms with Gasteiger partial charge >= 0.3 is 6.03 Å². The van der Waals surface area contributed by atoms with E-state index in [2.05, 4.69) is 21.2 Å². The summed E-state index contributed by atoms with van der Waals surface area (Å²) in [6.07, 6.45) is 1.47. The second kappa shape index (κ2) is 5.61. The van der Waals surface area contributed by atoms with E-state index in [1.807, 2.05) is 25.1 Å². The average Bonchev–Trinajstić information content (AvgIpc) is 2.35. The zero-order chi connectivity index (χ0) is 14.0. The summed E-state index contributed by atoms with van der Waals surface area (Å²) in [4.78, 5) is 24.9. The number of hydrogen-bond donors (Lipinski definition) is 2. The van der Waals surface area contributed by atoms with E-state index < -0.39 is 12.1 Å². The minimum Gasteiger partial charge on any atom is -0.352 e. The second-order valence-corrected chi connectivity index (χ2v) is 5.48. The standard InChI is InChI=1S/C13H16BrN3O2/c1-8-7-9(4-5-10(8)14)17-6-2-3-11(12(17)18)16-13(15)19/h4-5,7,11H,2-3,6H2,1H3,(H3,15,16,19). The Kier molecular flexibility index (Phi) is 4.09. The molecule has 0 radical (unpaired) electrons. The minimum absolute atomic E-state index is 0.105. The van der Waals surface area contributed by atoms with E-state index in [0.717, 1.165) is 22.1 Å². The zero-order valence-electron chi connectivity index (χ0n) is 10.6. The van der Waals surface area contributed by atoms with Crippen molar-refractivity contribution in [2.45, 2.75) is 25.8 Å². The molecule has 1 unspecified atom stereocenters. The van der Waals surface area contributed by atoms with Crippen molar-refractivity contribution in [3.63, 3.8) is 0 Å². The largest absolute Gasteiger partial charge is 0.352 e. The number of urea groups is 1. The van der Waals surface area contributed by atoms with Crippen LogP contribution in [-0.4, -0.2) is 24.5 Å². The Labute approximate surface area is 120 Å². The number of piperidine rings is 1. The van der Waals surface area contributed by atoms with Gasteiger partial charge in [-0.15, -0.1) is 0 Å². The highest BCUT2D eigenvalue weighted by Gasteiger charge is 2.30. The molecule has 0 aromatic heterocycles. The molecular weight excluding hydrogens is 310 g/mol. The molecule has 1 aromatic rings. The minimum atomic E-state index is -0.660. The molecule has 1 fully saturated rings. The lowest BCUT2D eigenvalue weighted by molar-refractivity contribution is -0.121. The van der Waals surface area contributed by atoms with Crippen molar-refractivity contribution >= 4 is 33.6 Å². The number of primary amides is 1. The first kappa shape index (κ1) is 13.9. The van der Waals surface area contributed by atoms with E-state index in [0.29, 0.717) is 13.0 Å². The Balaban J connectivity index is 2.21. The van der Waals surface area contributed by atoms with Gasteiger partial charge < -0.3 is 16.0 Å². The summed E-state index contributed by atoms with van der Waals surface area (Å²) >= 11 is 3.44. The van der Waals surface area contributed by atoms with Crippen LogP contribution in [0, 0.1) is 6.92 Å². The van der Waals surface area contributed by atoms with Gasteiger partial charge in [-0.3, -0.25) is 4.79 Å². The van der Waals surface area contributed by atoms with Gasteiger partial charge in [-0.25, -0.2) is 4.79 Å². The molecule has 1 saturated heterocycles. The van der Waals surface area contributed by atoms with Crippen molar-refractivity contribution in [1.82, 2.24) is 5.32 Å². The van der Waals surface area contributed by atoms with Crippen molar-refractivity contribution in [1.29, 1.82) is 0 Å². The predicted octanol–water partition coefficient (Wildman–Crippen LogP) is 1.92. The normalized spacial score (nSPS) is 19.4. The first-order valence-corrected chi connectivity index (χ1v) is 6.92. The Morgan fingerprint density at radius 2 is 2.26 bits per heavy atom. The van der Waals surface area contributed by atoms with E-state index in [1.54, 1.807) is 4.90 Å². The predicted molar refractivity (Wildman–Crippen MR) is 77.0 cm³/mol. The molecule has 5 nitrogen and oxygen atoms in total. The molecule has 102 valence electrons. The first-order chi connectivity index (χ1) is 8.99. The Morgan fingerprint density at radius 3 is 2.89 bits per heavy atom. The maximum Gasteiger partial charge on any atom is 0.312 e. The number of benzene rings is 1. The molecule has 1 heterocycles. The molecule has 1 atom stereocenters. The van der Waals surface area contributed by atoms with Crippen molar-refractivity contribution in [2.75, 3.05) is 11.4 Å². The lowest BCUT2D eigenvalue weighted by Gasteiger charge is -2.32. The highest BCUT2D eigenvalue weighted by atomic mass is 79.9. The highest BCUT2D eigenvalue weighted by Crippen LogP contribution is 2.26. The number of halogens is 1. The lowest BCUT2D eigenvalue weighted by atomic mass is 10.0. The van der Waals surface area contributed by atoms with Crippen molar-refractivity contribution in [3.05, 3.63) is 28.2 Å². The molecule has 1 aromatic carbocycles. The van der Waals surface area contributed by atoms with Crippen molar-refractivity contribution in [3.8, 4) is 0 Å². The molecule has 0 saturated carbocycles. The van der Waals surface area contributed by atoms with Crippen LogP contribution < -0.4 is 16.0 Å². The number of anilines is 1. The van der Waals surface area contributed by atoms with Gasteiger partial charge in [0.25, 0.3) is 0 Å². The average molecular weight is 326 g/mol. The molecule has 3 N–H and O–H groups in total. The second-order valence-electron chi connectivity index (χ2n) is 4.63. The Morgan fingerprint density at radius 1 is 1.53 bits per heavy atom. The molecule has 19 heavy (non-hydrogen) atoms. The van der Waals surface area contributed by atoms with E-state index in [4.69, 9.17) is 5.73 Å². The van der Waals surface area contributed by atoms with Gasteiger partial charge in [0, 0.05) is 16.7 Å². The molecule has 1 aliphatic rings. The number of carbonyl (C=O) groups excluding carboxylic acids is 2. The van der Waals surface area contributed by atoms with E-state index >= 15 is 0 Å². The van der Waals surface area contributed by atoms with Crippen LogP contribution in [0.15, 0.2) is 22.7 Å². The number of rotatable bonds is 2. The quantitative estimate of drug-likeness (QED) is 0.871. The Bertz CT molecular complexity index is 519. The molecule has 3 amide bonds. The summed E-state index contributed by atoms with van der Waals surface area (Å²) in [6.45, 7) is 2.64. The summed E-state index contributed by atoms with van der Waals surface area (Å²) in [5.41, 5.74) is 7.00. The summed E-state index contributed by atoms with van der Waals surface area (Å²) in [7, 11) is 0. The van der Waals surface area contributed by atoms with Gasteiger partial charge in [0.15, 0.2) is 0 Å². The number of carbonyl (C=O) groups is 2. The molecule has 0 aliphatic carbocycles. The number of hydrogen-bond acceptors (Lipinski definition) is 2. The fourth-order valence-electron chi connectivity index (χ4n) is 2.23. The van der Waals surface area contributed by atoms with Crippen LogP contribution in [0.2, 0.25) is 0 Å². The van der Waals surface area contributed by atoms with Crippen molar-refractivity contribution in [2.24, 2.45) is 5.73 Å². The maximum absolute atomic E-state index is 12.3. The summed E-state index contributed by atoms with van der Waals surface area (Å²) in [5.74, 6) is -0.105. The van der Waals surface area contributed by atoms with Crippen LogP contribution in [0.3, 0.4) is 0 Å². The van der Waals surface area contributed by atoms with Crippen LogP contribution >= 0.6 is 15.9 Å². The van der Waals surface area contributed by atoms with Crippen molar-refractivity contribution < 1.29 is 9.59 Å². The van der Waals surface area contributed by atoms with Crippen LogP contribution in [0.25, 0.3) is 0 Å². The summed E-state index contributed by atoms with van der Waals surface area (Å²) in [5, 5.41) is 2.50. The molecule has 6 heteroatoms. The third-order valence-corrected chi connectivity index (χ3v) is 4.10. The molecular formula is C13H16BrN3O2. The van der Waals surface area contributed by atoms with E-state index in [-0.39, 0.29) is 5.91 Å². The molecule has 2 rings (SSSR count). The number of amides is 3. The van der Waals surface area contributed by atoms with Crippen LogP contribution in [0.5, 0.6) is 0 Å². The fourth-order valence-corrected chi connectivity index (χ4v) is 2.48. The summed E-state index contributed by atoms with van der Waals surface area (Å²) < 4.78 is 1.01. The van der Waals surface area contributed by atoms with E-state index in [9.17, 15) is 9.59 Å². The van der Waals surface area contributed by atoms with Crippen LogP contribution in [0.1, 0.15) is 18.4 Å². The number of nitrogens with two attached hydrogens (primary N) is 1. The van der Waals surface area contributed by atoms with Gasteiger partial charge in [-0.05, 0) is 43.5 Å². The zero-order valence-corrected chi connectivity index (χ0v) is 12.2. The number of aryl methyl sites for hydroxylation is 1. The SMILES string of the molecule is Cc1cc(N2CCCC(NC(N)=O)C2=O)ccc1Br. The monoisotopic (exact) mass is 325 g/mol. The van der Waals surface area contributed by atoms with Crippen LogP contribution in [0.4, 0.5) is 10.5 Å². The third-order valence-electron chi connectivity index (χ3n) is 3.21. The van der Waals surface area contributed by atoms with Gasteiger partial charge in [0.1, 0.15) is 6.04 Å². The lowest BCUT2D eigenvalue weighted by Crippen LogP contribution is -2.53. The Hall–Kier alpha value is -1.56. The third kappa shape index (κ3) is 3.07. The topological polar surface area (TPSA) is 75.4 Å². The van der Waals surface area contributed by atoms with Gasteiger partial charge in [-0.2, -0.15) is 0 Å². The smallest absolute Gasteiger partial charge is 0.312 e. The van der Waals surface area contributed by atoms with Gasteiger partial charge in [0.05, 0.1) is 0 Å². The van der Waals surface area contributed by atoms with Gasteiger partial charge in [0.2, 0.25) is 5.91 Å². The van der Waals surface area contributed by atoms with Gasteiger partial charge in [-0.1, -0.05) is 15.9 Å². The molecule has 1 aliphatic heterocycles. The number of nitrogens with one attached hydrogen (secondary N) is 1. The first-order valence-electron chi connectivity index (χ1n) is 6.12. The maximum atomic E-state index is 12.3. The molecule has 0 bridgehead atoms. The van der Waals surface area contributed by atoms with E-state index in [1.165, 1.54) is 0 Å². The number of nitrogens with zero attached hydrogens (tertiary/aromatic N) is 1. The van der Waals surface area contributed by atoms with Crippen LogP contribution in [-0.2, 0) is 4.79 Å². The molecule has 0 spiro atoms. The summed E-state index contributed by atoms with van der Waals surface area (Å²) in [6, 6.07) is 4.58. The fraction of sp³-hybridized carbons (Fsp3) is 0.385. The highest BCUT2D eigenvalue weighted by molar-refractivity contribution is 9.10.